The monoisotopic (exact) mass is 313 g/mol. The molecule has 6 heteroatoms. The van der Waals surface area contributed by atoms with Crippen LogP contribution in [0.5, 0.6) is 0 Å². The summed E-state index contributed by atoms with van der Waals surface area (Å²) in [5, 5.41) is 0. The van der Waals surface area contributed by atoms with Gasteiger partial charge in [0, 0.05) is 25.5 Å². The van der Waals surface area contributed by atoms with Gasteiger partial charge in [0.25, 0.3) is 0 Å². The van der Waals surface area contributed by atoms with Crippen LogP contribution in [0.4, 0.5) is 5.95 Å². The zero-order valence-corrected chi connectivity index (χ0v) is 13.1. The average Bonchev–Trinajstić information content (AvgIpc) is 2.62. The Morgan fingerprint density at radius 3 is 2.61 bits per heavy atom. The molecule has 0 atom stereocenters. The van der Waals surface area contributed by atoms with Gasteiger partial charge >= 0.3 is 5.97 Å². The van der Waals surface area contributed by atoms with E-state index in [2.05, 4.69) is 9.97 Å². The number of aryl methyl sites for hydroxylation is 1. The van der Waals surface area contributed by atoms with E-state index in [1.165, 1.54) is 12.4 Å². The summed E-state index contributed by atoms with van der Waals surface area (Å²) in [4.78, 5) is 22.6. The zero-order chi connectivity index (χ0) is 16.1. The lowest BCUT2D eigenvalue weighted by molar-refractivity contribution is 0.0471. The van der Waals surface area contributed by atoms with Gasteiger partial charge in [-0.1, -0.05) is 24.3 Å². The van der Waals surface area contributed by atoms with Crippen LogP contribution in [0.2, 0.25) is 0 Å². The van der Waals surface area contributed by atoms with Crippen molar-refractivity contribution in [2.24, 2.45) is 0 Å². The molecule has 1 fully saturated rings. The van der Waals surface area contributed by atoms with Crippen LogP contribution in [0.3, 0.4) is 0 Å². The molecule has 1 aromatic carbocycles. The first-order chi connectivity index (χ1) is 11.2. The molecular formula is C17H19N3O3. The Hall–Kier alpha value is -2.47. The van der Waals surface area contributed by atoms with E-state index in [0.29, 0.717) is 24.7 Å². The molecular weight excluding hydrogens is 294 g/mol. The van der Waals surface area contributed by atoms with Gasteiger partial charge < -0.3 is 14.4 Å². The Morgan fingerprint density at radius 2 is 1.91 bits per heavy atom. The minimum atomic E-state index is -0.415. The van der Waals surface area contributed by atoms with E-state index in [0.717, 1.165) is 24.2 Å². The van der Waals surface area contributed by atoms with Gasteiger partial charge in [0.05, 0.1) is 18.8 Å². The maximum Gasteiger partial charge on any atom is 0.341 e. The molecule has 0 bridgehead atoms. The molecule has 1 saturated heterocycles. The predicted octanol–water partition coefficient (Wildman–Crippen LogP) is 1.98. The van der Waals surface area contributed by atoms with Crippen LogP contribution in [-0.2, 0) is 16.1 Å². The summed E-state index contributed by atoms with van der Waals surface area (Å²) in [6.45, 7) is 5.10. The molecule has 2 heterocycles. The van der Waals surface area contributed by atoms with Crippen LogP contribution >= 0.6 is 0 Å². The fourth-order valence-corrected chi connectivity index (χ4v) is 2.35. The number of hydrogen-bond acceptors (Lipinski definition) is 6. The van der Waals surface area contributed by atoms with Crippen LogP contribution < -0.4 is 4.90 Å². The molecule has 3 rings (SSSR count). The van der Waals surface area contributed by atoms with Gasteiger partial charge in [-0.3, -0.25) is 0 Å². The normalized spacial score (nSPS) is 14.6. The molecule has 0 saturated carbocycles. The van der Waals surface area contributed by atoms with Crippen LogP contribution in [-0.4, -0.2) is 42.2 Å². The number of nitrogens with zero attached hydrogens (tertiary/aromatic N) is 3. The lowest BCUT2D eigenvalue weighted by Crippen LogP contribution is -2.37. The lowest BCUT2D eigenvalue weighted by Gasteiger charge is -2.26. The van der Waals surface area contributed by atoms with Gasteiger partial charge in [0.2, 0.25) is 5.95 Å². The van der Waals surface area contributed by atoms with E-state index in [1.54, 1.807) is 0 Å². The molecule has 0 radical (unpaired) electrons. The molecule has 23 heavy (non-hydrogen) atoms. The molecule has 1 aliphatic rings. The van der Waals surface area contributed by atoms with Crippen molar-refractivity contribution in [3.8, 4) is 0 Å². The predicted molar refractivity (Wildman–Crippen MR) is 85.4 cm³/mol. The summed E-state index contributed by atoms with van der Waals surface area (Å²) in [5.41, 5.74) is 2.45. The standard InChI is InChI=1S/C17H19N3O3/c1-13-4-2-3-5-14(13)12-23-16(21)15-10-18-17(19-11-15)20-6-8-22-9-7-20/h2-5,10-11H,6-9,12H2,1H3. The Bertz CT molecular complexity index is 667. The number of carbonyl (C=O) groups excluding carboxylic acids is 1. The molecule has 1 aromatic heterocycles. The number of morpholine rings is 1. The molecule has 1 aliphatic heterocycles. The topological polar surface area (TPSA) is 64.5 Å². The van der Waals surface area contributed by atoms with Crippen molar-refractivity contribution in [2.45, 2.75) is 13.5 Å². The molecule has 0 N–H and O–H groups in total. The molecule has 120 valence electrons. The van der Waals surface area contributed by atoms with Crippen LogP contribution in [0, 0.1) is 6.92 Å². The molecule has 0 amide bonds. The summed E-state index contributed by atoms with van der Waals surface area (Å²) in [6, 6.07) is 7.82. The highest BCUT2D eigenvalue weighted by Gasteiger charge is 2.15. The molecule has 6 nitrogen and oxygen atoms in total. The highest BCUT2D eigenvalue weighted by Crippen LogP contribution is 2.12. The van der Waals surface area contributed by atoms with E-state index in [9.17, 15) is 4.79 Å². The minimum absolute atomic E-state index is 0.247. The number of carbonyl (C=O) groups is 1. The third-order valence-electron chi connectivity index (χ3n) is 3.79. The largest absolute Gasteiger partial charge is 0.457 e. The quantitative estimate of drug-likeness (QED) is 0.804. The highest BCUT2D eigenvalue weighted by atomic mass is 16.5. The molecule has 2 aromatic rings. The van der Waals surface area contributed by atoms with E-state index in [1.807, 2.05) is 36.1 Å². The second-order valence-corrected chi connectivity index (χ2v) is 5.37. The lowest BCUT2D eigenvalue weighted by atomic mass is 10.1. The maximum atomic E-state index is 12.1. The van der Waals surface area contributed by atoms with E-state index >= 15 is 0 Å². The summed E-state index contributed by atoms with van der Waals surface area (Å²) in [7, 11) is 0. The number of ether oxygens (including phenoxy) is 2. The molecule has 0 aliphatic carbocycles. The summed E-state index contributed by atoms with van der Waals surface area (Å²) >= 11 is 0. The SMILES string of the molecule is Cc1ccccc1COC(=O)c1cnc(N2CCOCC2)nc1. The summed E-state index contributed by atoms with van der Waals surface area (Å²) in [6.07, 6.45) is 3.02. The number of hydrogen-bond donors (Lipinski definition) is 0. The van der Waals surface area contributed by atoms with Crippen molar-refractivity contribution >= 4 is 11.9 Å². The average molecular weight is 313 g/mol. The third kappa shape index (κ3) is 3.84. The van der Waals surface area contributed by atoms with Crippen molar-refractivity contribution in [2.75, 3.05) is 31.2 Å². The van der Waals surface area contributed by atoms with Crippen molar-refractivity contribution in [3.05, 3.63) is 53.3 Å². The van der Waals surface area contributed by atoms with Crippen molar-refractivity contribution in [1.82, 2.24) is 9.97 Å². The van der Waals surface area contributed by atoms with Gasteiger partial charge in [-0.05, 0) is 18.1 Å². The second-order valence-electron chi connectivity index (χ2n) is 5.37. The highest BCUT2D eigenvalue weighted by molar-refractivity contribution is 5.88. The van der Waals surface area contributed by atoms with Crippen molar-refractivity contribution in [1.29, 1.82) is 0 Å². The van der Waals surface area contributed by atoms with Gasteiger partial charge in [0.1, 0.15) is 6.61 Å². The van der Waals surface area contributed by atoms with E-state index in [4.69, 9.17) is 9.47 Å². The first kappa shape index (κ1) is 15.4. The smallest absolute Gasteiger partial charge is 0.341 e. The molecule has 0 unspecified atom stereocenters. The van der Waals surface area contributed by atoms with E-state index < -0.39 is 5.97 Å². The maximum absolute atomic E-state index is 12.1. The van der Waals surface area contributed by atoms with Crippen LogP contribution in [0.1, 0.15) is 21.5 Å². The van der Waals surface area contributed by atoms with Gasteiger partial charge in [-0.15, -0.1) is 0 Å². The fraction of sp³-hybridized carbons (Fsp3) is 0.353. The van der Waals surface area contributed by atoms with Crippen LogP contribution in [0.15, 0.2) is 36.7 Å². The van der Waals surface area contributed by atoms with Gasteiger partial charge in [-0.2, -0.15) is 0 Å². The van der Waals surface area contributed by atoms with E-state index in [-0.39, 0.29) is 6.61 Å². The minimum Gasteiger partial charge on any atom is -0.457 e. The second kappa shape index (κ2) is 7.19. The number of anilines is 1. The third-order valence-corrected chi connectivity index (χ3v) is 3.79. The Kier molecular flexibility index (Phi) is 4.83. The summed E-state index contributed by atoms with van der Waals surface area (Å²) < 4.78 is 10.6. The Balaban J connectivity index is 1.60. The summed E-state index contributed by atoms with van der Waals surface area (Å²) in [5.74, 6) is 0.200. The number of rotatable bonds is 4. The zero-order valence-electron chi connectivity index (χ0n) is 13.1. The number of esters is 1. The Labute approximate surface area is 135 Å². The number of aromatic nitrogens is 2. The first-order valence-electron chi connectivity index (χ1n) is 7.60. The fourth-order valence-electron chi connectivity index (χ4n) is 2.35. The van der Waals surface area contributed by atoms with Crippen molar-refractivity contribution in [3.63, 3.8) is 0 Å². The van der Waals surface area contributed by atoms with Gasteiger partial charge in [-0.25, -0.2) is 14.8 Å². The van der Waals surface area contributed by atoms with Crippen molar-refractivity contribution < 1.29 is 14.3 Å². The molecule has 0 spiro atoms. The van der Waals surface area contributed by atoms with Gasteiger partial charge in [0.15, 0.2) is 0 Å². The first-order valence-corrected chi connectivity index (χ1v) is 7.60. The van der Waals surface area contributed by atoms with Crippen LogP contribution in [0.25, 0.3) is 0 Å². The number of benzene rings is 1. The Morgan fingerprint density at radius 1 is 1.22 bits per heavy atom.